The van der Waals surface area contributed by atoms with E-state index in [1.54, 1.807) is 0 Å². The first kappa shape index (κ1) is 16.1. The van der Waals surface area contributed by atoms with Gasteiger partial charge in [0.05, 0.1) is 5.56 Å². The molecule has 116 valence electrons. The molecule has 0 aromatic heterocycles. The predicted octanol–water partition coefficient (Wildman–Crippen LogP) is 4.19. The molecule has 1 unspecified atom stereocenters. The van der Waals surface area contributed by atoms with Gasteiger partial charge in [-0.05, 0) is 37.9 Å². The van der Waals surface area contributed by atoms with Crippen molar-refractivity contribution >= 4 is 5.78 Å². The number of halogens is 2. The van der Waals surface area contributed by atoms with Gasteiger partial charge in [-0.1, -0.05) is 25.8 Å². The Morgan fingerprint density at radius 1 is 1.29 bits per heavy atom. The summed E-state index contributed by atoms with van der Waals surface area (Å²) >= 11 is 0. The van der Waals surface area contributed by atoms with Crippen LogP contribution in [0.15, 0.2) is 18.2 Å². The second-order valence-electron chi connectivity index (χ2n) is 5.72. The fourth-order valence-corrected chi connectivity index (χ4v) is 3.09. The van der Waals surface area contributed by atoms with Crippen LogP contribution in [-0.2, 0) is 0 Å². The number of nitrogens with zero attached hydrogens (tertiary/aromatic N) is 1. The second-order valence-corrected chi connectivity index (χ2v) is 5.72. The lowest BCUT2D eigenvalue weighted by Crippen LogP contribution is -2.36. The van der Waals surface area contributed by atoms with E-state index in [0.29, 0.717) is 12.6 Å². The van der Waals surface area contributed by atoms with Gasteiger partial charge in [0.2, 0.25) is 0 Å². The number of hydrogen-bond donors (Lipinski definition) is 0. The Morgan fingerprint density at radius 2 is 2.10 bits per heavy atom. The lowest BCUT2D eigenvalue weighted by atomic mass is 10.0. The van der Waals surface area contributed by atoms with E-state index in [-0.39, 0.29) is 17.8 Å². The lowest BCUT2D eigenvalue weighted by molar-refractivity contribution is 0.0944. The minimum absolute atomic E-state index is 0.127. The molecule has 21 heavy (non-hydrogen) atoms. The largest absolute Gasteiger partial charge is 0.300 e. The molecule has 1 aromatic carbocycles. The number of benzene rings is 1. The average molecular weight is 295 g/mol. The molecule has 0 aliphatic carbocycles. The first-order valence-corrected chi connectivity index (χ1v) is 7.84. The first-order chi connectivity index (χ1) is 10.1. The summed E-state index contributed by atoms with van der Waals surface area (Å²) in [7, 11) is 0. The van der Waals surface area contributed by atoms with Crippen LogP contribution in [0.25, 0.3) is 0 Å². The standard InChI is InChI=1S/C17H23F2NO/c1-2-13-7-4-3-5-11-20(13)12-10-16(21)14-8-6-9-15(18)17(14)19/h6,8-9,13H,2-5,7,10-12H2,1H3. The van der Waals surface area contributed by atoms with Crippen LogP contribution in [0.3, 0.4) is 0 Å². The van der Waals surface area contributed by atoms with Gasteiger partial charge in [-0.25, -0.2) is 8.78 Å². The van der Waals surface area contributed by atoms with Crippen LogP contribution in [0, 0.1) is 11.6 Å². The van der Waals surface area contributed by atoms with Gasteiger partial charge in [-0.15, -0.1) is 0 Å². The highest BCUT2D eigenvalue weighted by atomic mass is 19.2. The summed E-state index contributed by atoms with van der Waals surface area (Å²) in [6.45, 7) is 3.79. The number of hydrogen-bond acceptors (Lipinski definition) is 2. The van der Waals surface area contributed by atoms with Gasteiger partial charge >= 0.3 is 0 Å². The number of Topliss-reactive ketones (excluding diaryl/α,β-unsaturated/α-hetero) is 1. The minimum Gasteiger partial charge on any atom is -0.300 e. The highest BCUT2D eigenvalue weighted by Crippen LogP contribution is 2.20. The average Bonchev–Trinajstić information content (AvgIpc) is 2.72. The molecule has 4 heteroatoms. The zero-order chi connectivity index (χ0) is 15.2. The van der Waals surface area contributed by atoms with Crippen molar-refractivity contribution in [2.24, 2.45) is 0 Å². The van der Waals surface area contributed by atoms with E-state index < -0.39 is 11.6 Å². The molecule has 1 saturated heterocycles. The molecule has 1 fully saturated rings. The van der Waals surface area contributed by atoms with Crippen LogP contribution < -0.4 is 0 Å². The molecule has 1 aliphatic rings. The maximum Gasteiger partial charge on any atom is 0.169 e. The molecule has 2 rings (SSSR count). The second kappa shape index (κ2) is 7.64. The van der Waals surface area contributed by atoms with Gasteiger partial charge in [-0.2, -0.15) is 0 Å². The number of rotatable bonds is 5. The quantitative estimate of drug-likeness (QED) is 0.759. The highest BCUT2D eigenvalue weighted by molar-refractivity contribution is 5.96. The summed E-state index contributed by atoms with van der Waals surface area (Å²) in [4.78, 5) is 14.4. The maximum atomic E-state index is 13.6. The van der Waals surface area contributed by atoms with Crippen molar-refractivity contribution in [3.63, 3.8) is 0 Å². The van der Waals surface area contributed by atoms with Crippen LogP contribution >= 0.6 is 0 Å². The summed E-state index contributed by atoms with van der Waals surface area (Å²) in [6.07, 6.45) is 6.11. The number of ketones is 1. The molecule has 0 bridgehead atoms. The molecular formula is C17H23F2NO. The van der Waals surface area contributed by atoms with Crippen molar-refractivity contribution in [3.05, 3.63) is 35.4 Å². The van der Waals surface area contributed by atoms with Crippen LogP contribution in [0.1, 0.15) is 55.8 Å². The Morgan fingerprint density at radius 3 is 2.86 bits per heavy atom. The van der Waals surface area contributed by atoms with E-state index in [2.05, 4.69) is 11.8 Å². The van der Waals surface area contributed by atoms with Gasteiger partial charge in [0.15, 0.2) is 17.4 Å². The van der Waals surface area contributed by atoms with Crippen LogP contribution in [0.4, 0.5) is 8.78 Å². The Labute approximate surface area is 125 Å². The van der Waals surface area contributed by atoms with Gasteiger partial charge in [0.25, 0.3) is 0 Å². The van der Waals surface area contributed by atoms with Gasteiger partial charge in [0, 0.05) is 19.0 Å². The van der Waals surface area contributed by atoms with E-state index in [9.17, 15) is 13.6 Å². The molecule has 0 amide bonds. The van der Waals surface area contributed by atoms with Crippen molar-refractivity contribution in [3.8, 4) is 0 Å². The molecular weight excluding hydrogens is 272 g/mol. The Bertz CT molecular complexity index is 490. The fourth-order valence-electron chi connectivity index (χ4n) is 3.09. The minimum atomic E-state index is -1.02. The Kier molecular flexibility index (Phi) is 5.85. The van der Waals surface area contributed by atoms with Crippen molar-refractivity contribution in [2.45, 2.75) is 51.5 Å². The van der Waals surface area contributed by atoms with Crippen molar-refractivity contribution < 1.29 is 13.6 Å². The van der Waals surface area contributed by atoms with Crippen LogP contribution in [0.5, 0.6) is 0 Å². The molecule has 1 heterocycles. The van der Waals surface area contributed by atoms with Crippen molar-refractivity contribution in [1.29, 1.82) is 0 Å². The Balaban J connectivity index is 1.97. The third-order valence-corrected chi connectivity index (χ3v) is 4.35. The summed E-state index contributed by atoms with van der Waals surface area (Å²) in [5.41, 5.74) is -0.127. The van der Waals surface area contributed by atoms with E-state index in [4.69, 9.17) is 0 Å². The summed E-state index contributed by atoms with van der Waals surface area (Å²) < 4.78 is 26.8. The highest BCUT2D eigenvalue weighted by Gasteiger charge is 2.21. The van der Waals surface area contributed by atoms with E-state index in [1.807, 2.05) is 0 Å². The van der Waals surface area contributed by atoms with E-state index in [1.165, 1.54) is 31.4 Å². The molecule has 0 N–H and O–H groups in total. The third kappa shape index (κ3) is 4.10. The van der Waals surface area contributed by atoms with Gasteiger partial charge < -0.3 is 0 Å². The zero-order valence-corrected chi connectivity index (χ0v) is 12.6. The molecule has 0 saturated carbocycles. The summed E-state index contributed by atoms with van der Waals surface area (Å²) in [5.74, 6) is -2.29. The summed E-state index contributed by atoms with van der Waals surface area (Å²) in [6, 6.07) is 4.29. The molecule has 1 atom stereocenters. The molecule has 1 aromatic rings. The normalized spacial score (nSPS) is 20.2. The molecule has 0 radical (unpaired) electrons. The molecule has 1 aliphatic heterocycles. The fraction of sp³-hybridized carbons (Fsp3) is 0.588. The Hall–Kier alpha value is -1.29. The van der Waals surface area contributed by atoms with Crippen molar-refractivity contribution in [2.75, 3.05) is 13.1 Å². The number of carbonyl (C=O) groups excluding carboxylic acids is 1. The maximum absolute atomic E-state index is 13.6. The monoisotopic (exact) mass is 295 g/mol. The SMILES string of the molecule is CCC1CCCCCN1CCC(=O)c1cccc(F)c1F. The van der Waals surface area contributed by atoms with Gasteiger partial charge in [0.1, 0.15) is 0 Å². The van der Waals surface area contributed by atoms with Crippen molar-refractivity contribution in [1.82, 2.24) is 4.90 Å². The number of carbonyl (C=O) groups is 1. The topological polar surface area (TPSA) is 20.3 Å². The summed E-state index contributed by atoms with van der Waals surface area (Å²) in [5, 5.41) is 0. The molecule has 2 nitrogen and oxygen atoms in total. The molecule has 0 spiro atoms. The lowest BCUT2D eigenvalue weighted by Gasteiger charge is -2.28. The van der Waals surface area contributed by atoms with Gasteiger partial charge in [-0.3, -0.25) is 9.69 Å². The zero-order valence-electron chi connectivity index (χ0n) is 12.6. The van der Waals surface area contributed by atoms with Crippen LogP contribution in [0.2, 0.25) is 0 Å². The van der Waals surface area contributed by atoms with Crippen LogP contribution in [-0.4, -0.2) is 29.8 Å². The smallest absolute Gasteiger partial charge is 0.169 e. The predicted molar refractivity (Wildman–Crippen MR) is 79.4 cm³/mol. The number of likely N-dealkylation sites (tertiary alicyclic amines) is 1. The van der Waals surface area contributed by atoms with E-state index >= 15 is 0 Å². The van der Waals surface area contributed by atoms with E-state index in [0.717, 1.165) is 25.5 Å². The third-order valence-electron chi connectivity index (χ3n) is 4.35. The first-order valence-electron chi connectivity index (χ1n) is 7.84.